The molecule has 0 fully saturated rings. The highest BCUT2D eigenvalue weighted by Crippen LogP contribution is 2.38. The highest BCUT2D eigenvalue weighted by Gasteiger charge is 2.38. The van der Waals surface area contributed by atoms with Gasteiger partial charge in [0.05, 0.1) is 25.5 Å². The van der Waals surface area contributed by atoms with E-state index in [1.54, 1.807) is 0 Å². The van der Waals surface area contributed by atoms with E-state index in [0.29, 0.717) is 6.20 Å². The molecule has 8 heteroatoms. The van der Waals surface area contributed by atoms with Crippen LogP contribution in [0, 0.1) is 0 Å². The first-order valence-corrected chi connectivity index (χ1v) is 4.34. The Morgan fingerprint density at radius 2 is 2.00 bits per heavy atom. The molecule has 1 aromatic rings. The van der Waals surface area contributed by atoms with Crippen LogP contribution in [-0.2, 0) is 12.8 Å². The smallest absolute Gasteiger partial charge is 0.433 e. The van der Waals surface area contributed by atoms with Crippen LogP contribution in [-0.4, -0.2) is 17.2 Å². The van der Waals surface area contributed by atoms with E-state index >= 15 is 0 Å². The molecule has 96 valence electrons. The molecule has 0 amide bonds. The molecule has 17 heavy (non-hydrogen) atoms. The zero-order chi connectivity index (χ0) is 13.2. The van der Waals surface area contributed by atoms with E-state index in [1.807, 2.05) is 0 Å². The summed E-state index contributed by atoms with van der Waals surface area (Å²) in [5.74, 6) is -0.489. The van der Waals surface area contributed by atoms with Crippen LogP contribution in [0.2, 0.25) is 0 Å². The molecule has 3 nitrogen and oxygen atoms in total. The van der Waals surface area contributed by atoms with Crippen molar-refractivity contribution < 1.29 is 31.8 Å². The van der Waals surface area contributed by atoms with Crippen molar-refractivity contribution in [1.82, 2.24) is 4.98 Å². The molecule has 0 saturated carbocycles. The number of hydrogen-bond donors (Lipinski definition) is 1. The molecule has 0 saturated heterocycles. The summed E-state index contributed by atoms with van der Waals surface area (Å²) in [6.07, 6.45) is -7.55. The molecule has 1 rings (SSSR count). The number of methoxy groups -OCH3 is 1. The quantitative estimate of drug-likeness (QED) is 0.846. The van der Waals surface area contributed by atoms with Gasteiger partial charge in [-0.1, -0.05) is 0 Å². The van der Waals surface area contributed by atoms with E-state index in [9.17, 15) is 22.0 Å². The first-order chi connectivity index (χ1) is 7.82. The van der Waals surface area contributed by atoms with E-state index in [1.165, 1.54) is 0 Å². The lowest BCUT2D eigenvalue weighted by atomic mass is 10.1. The number of aliphatic hydroxyl groups excluding tert-OH is 1. The zero-order valence-corrected chi connectivity index (χ0v) is 8.55. The van der Waals surface area contributed by atoms with Crippen LogP contribution in [0.3, 0.4) is 0 Å². The topological polar surface area (TPSA) is 42.4 Å². The molecule has 0 bridgehead atoms. The number of ether oxygens (including phenoxy) is 1. The Kier molecular flexibility index (Phi) is 3.87. The third-order valence-electron chi connectivity index (χ3n) is 2.05. The van der Waals surface area contributed by atoms with Crippen molar-refractivity contribution in [2.75, 3.05) is 7.11 Å². The normalized spacial score (nSPS) is 12.0. The molecule has 1 N–H and O–H groups in total. The fraction of sp³-hybridized carbons (Fsp3) is 0.444. The molecular weight excluding hydrogens is 249 g/mol. The van der Waals surface area contributed by atoms with E-state index in [-0.39, 0.29) is 0 Å². The Morgan fingerprint density at radius 1 is 1.41 bits per heavy atom. The summed E-state index contributed by atoms with van der Waals surface area (Å²) in [6, 6.07) is 0. The monoisotopic (exact) mass is 257 g/mol. The minimum atomic E-state index is -4.91. The largest absolute Gasteiger partial charge is 0.495 e. The molecule has 0 spiro atoms. The van der Waals surface area contributed by atoms with Gasteiger partial charge in [-0.25, -0.2) is 13.8 Å². The minimum absolute atomic E-state index is 0.489. The summed E-state index contributed by atoms with van der Waals surface area (Å²) < 4.78 is 67.1. The maximum atomic E-state index is 12.6. The maximum absolute atomic E-state index is 12.6. The maximum Gasteiger partial charge on any atom is 0.433 e. The van der Waals surface area contributed by atoms with Gasteiger partial charge in [0.2, 0.25) is 0 Å². The second kappa shape index (κ2) is 4.82. The molecule has 0 atom stereocenters. The van der Waals surface area contributed by atoms with Crippen LogP contribution in [0.1, 0.15) is 23.2 Å². The van der Waals surface area contributed by atoms with Gasteiger partial charge in [-0.05, 0) is 0 Å². The number of hydrogen-bond acceptors (Lipinski definition) is 3. The standard InChI is InChI=1S/C9H8F5NO2/c1-17-5-2-15-7(9(12,13)14)4(3-16)6(5)8(10)11/h2,8,16H,3H2,1H3. The number of rotatable bonds is 3. The third-order valence-corrected chi connectivity index (χ3v) is 2.05. The predicted octanol–water partition coefficient (Wildman–Crippen LogP) is 2.54. The van der Waals surface area contributed by atoms with Crippen molar-refractivity contribution in [3.8, 4) is 5.75 Å². The third kappa shape index (κ3) is 2.63. The molecule has 0 aliphatic rings. The Morgan fingerprint density at radius 3 is 2.35 bits per heavy atom. The Balaban J connectivity index is 3.52. The summed E-state index contributed by atoms with van der Waals surface area (Å²) in [4.78, 5) is 2.99. The number of nitrogens with zero attached hydrogens (tertiary/aromatic N) is 1. The lowest BCUT2D eigenvalue weighted by Gasteiger charge is -2.16. The van der Waals surface area contributed by atoms with Crippen molar-refractivity contribution >= 4 is 0 Å². The fourth-order valence-corrected chi connectivity index (χ4v) is 1.35. The molecule has 0 radical (unpaired) electrons. The first kappa shape index (κ1) is 13.6. The van der Waals surface area contributed by atoms with Crippen molar-refractivity contribution in [3.63, 3.8) is 0 Å². The highest BCUT2D eigenvalue weighted by atomic mass is 19.4. The summed E-state index contributed by atoms with van der Waals surface area (Å²) in [7, 11) is 1.03. The predicted molar refractivity (Wildman–Crippen MR) is 46.7 cm³/mol. The molecule has 1 aromatic heterocycles. The van der Waals surface area contributed by atoms with Crippen molar-refractivity contribution in [2.24, 2.45) is 0 Å². The second-order valence-corrected chi connectivity index (χ2v) is 3.02. The number of halogens is 5. The van der Waals surface area contributed by atoms with Crippen LogP contribution < -0.4 is 4.74 Å². The Bertz CT molecular complexity index is 405. The van der Waals surface area contributed by atoms with Gasteiger partial charge in [-0.2, -0.15) is 13.2 Å². The Labute approximate surface area is 92.8 Å². The van der Waals surface area contributed by atoms with E-state index in [2.05, 4.69) is 9.72 Å². The molecule has 0 unspecified atom stereocenters. The summed E-state index contributed by atoms with van der Waals surface area (Å²) >= 11 is 0. The van der Waals surface area contributed by atoms with E-state index < -0.39 is 41.8 Å². The van der Waals surface area contributed by atoms with Crippen LogP contribution in [0.4, 0.5) is 22.0 Å². The van der Waals surface area contributed by atoms with Gasteiger partial charge in [-0.3, -0.25) is 0 Å². The minimum Gasteiger partial charge on any atom is -0.495 e. The fourth-order valence-electron chi connectivity index (χ4n) is 1.35. The molecule has 0 aliphatic carbocycles. The van der Waals surface area contributed by atoms with Crippen molar-refractivity contribution in [1.29, 1.82) is 0 Å². The molecule has 0 aromatic carbocycles. The van der Waals surface area contributed by atoms with Crippen molar-refractivity contribution in [3.05, 3.63) is 23.0 Å². The van der Waals surface area contributed by atoms with Crippen molar-refractivity contribution in [2.45, 2.75) is 19.2 Å². The van der Waals surface area contributed by atoms with Crippen LogP contribution in [0.25, 0.3) is 0 Å². The lowest BCUT2D eigenvalue weighted by Crippen LogP contribution is -2.15. The molecule has 1 heterocycles. The number of aromatic nitrogens is 1. The SMILES string of the molecule is COc1cnc(C(F)(F)F)c(CO)c1C(F)F. The van der Waals surface area contributed by atoms with Crippen LogP contribution >= 0.6 is 0 Å². The molecule has 0 aliphatic heterocycles. The average Bonchev–Trinajstić information content (AvgIpc) is 2.25. The number of pyridine rings is 1. The number of aliphatic hydroxyl groups is 1. The number of alkyl halides is 5. The van der Waals surface area contributed by atoms with Crippen LogP contribution in [0.5, 0.6) is 5.75 Å². The van der Waals surface area contributed by atoms with E-state index in [4.69, 9.17) is 5.11 Å². The van der Waals surface area contributed by atoms with Crippen LogP contribution in [0.15, 0.2) is 6.20 Å². The first-order valence-electron chi connectivity index (χ1n) is 4.34. The Hall–Kier alpha value is -1.44. The van der Waals surface area contributed by atoms with Gasteiger partial charge in [0, 0.05) is 5.56 Å². The van der Waals surface area contributed by atoms with Gasteiger partial charge >= 0.3 is 6.18 Å². The second-order valence-electron chi connectivity index (χ2n) is 3.02. The van der Waals surface area contributed by atoms with Gasteiger partial charge in [0.25, 0.3) is 6.43 Å². The van der Waals surface area contributed by atoms with Gasteiger partial charge in [0.15, 0.2) is 5.69 Å². The highest BCUT2D eigenvalue weighted by molar-refractivity contribution is 5.42. The van der Waals surface area contributed by atoms with E-state index in [0.717, 1.165) is 7.11 Å². The lowest BCUT2D eigenvalue weighted by molar-refractivity contribution is -0.142. The summed E-state index contributed by atoms with van der Waals surface area (Å²) in [6.45, 7) is -1.20. The molecular formula is C9H8F5NO2. The summed E-state index contributed by atoms with van der Waals surface area (Å²) in [5, 5.41) is 8.80. The van der Waals surface area contributed by atoms with Gasteiger partial charge < -0.3 is 9.84 Å². The van der Waals surface area contributed by atoms with Gasteiger partial charge in [0.1, 0.15) is 5.75 Å². The zero-order valence-electron chi connectivity index (χ0n) is 8.55. The average molecular weight is 257 g/mol. The summed E-state index contributed by atoms with van der Waals surface area (Å²) in [5.41, 5.74) is -3.49. The van der Waals surface area contributed by atoms with Gasteiger partial charge in [-0.15, -0.1) is 0 Å².